The summed E-state index contributed by atoms with van der Waals surface area (Å²) in [6.45, 7) is 4.08. The molecule has 24 heavy (non-hydrogen) atoms. The van der Waals surface area contributed by atoms with E-state index in [1.165, 1.54) is 37.9 Å². The van der Waals surface area contributed by atoms with Crippen LogP contribution in [0.2, 0.25) is 0 Å². The zero-order valence-electron chi connectivity index (χ0n) is 14.4. The first kappa shape index (κ1) is 17.4. The van der Waals surface area contributed by atoms with Crippen LogP contribution in [0.5, 0.6) is 0 Å². The molecule has 2 atom stereocenters. The lowest BCUT2D eigenvalue weighted by atomic mass is 10.1. The molecule has 1 aromatic carbocycles. The molecule has 2 fully saturated rings. The lowest BCUT2D eigenvalue weighted by Gasteiger charge is -2.26. The second-order valence-corrected chi connectivity index (χ2v) is 6.90. The SMILES string of the molecule is NC[C@H]1CC[C@@H](C(=O)Nc2ccc(CCN3CCCCC3)cc2)O1. The maximum Gasteiger partial charge on any atom is 0.253 e. The maximum absolute atomic E-state index is 12.2. The van der Waals surface area contributed by atoms with Gasteiger partial charge in [-0.25, -0.2) is 0 Å². The average Bonchev–Trinajstić information content (AvgIpc) is 3.11. The minimum atomic E-state index is -0.364. The van der Waals surface area contributed by atoms with Gasteiger partial charge in [0, 0.05) is 18.8 Å². The summed E-state index contributed by atoms with van der Waals surface area (Å²) in [6, 6.07) is 8.19. The number of rotatable bonds is 6. The maximum atomic E-state index is 12.2. The lowest BCUT2D eigenvalue weighted by Crippen LogP contribution is -2.31. The number of anilines is 1. The highest BCUT2D eigenvalue weighted by Crippen LogP contribution is 2.21. The standard InChI is InChI=1S/C19H29N3O2/c20-14-17-8-9-18(24-17)19(23)21-16-6-4-15(5-7-16)10-13-22-11-2-1-3-12-22/h4-7,17-18H,1-3,8-14,20H2,(H,21,23)/t17-,18+/m1/s1. The number of ether oxygens (including phenoxy) is 1. The van der Waals surface area contributed by atoms with Gasteiger partial charge in [0.1, 0.15) is 6.10 Å². The molecule has 0 radical (unpaired) electrons. The molecule has 0 spiro atoms. The molecule has 0 saturated carbocycles. The van der Waals surface area contributed by atoms with Crippen LogP contribution in [0.15, 0.2) is 24.3 Å². The summed E-state index contributed by atoms with van der Waals surface area (Å²) in [5, 5.41) is 2.95. The molecule has 0 aliphatic carbocycles. The van der Waals surface area contributed by atoms with Crippen molar-refractivity contribution in [2.24, 2.45) is 5.73 Å². The Morgan fingerprint density at radius 1 is 1.17 bits per heavy atom. The molecule has 5 nitrogen and oxygen atoms in total. The van der Waals surface area contributed by atoms with E-state index in [4.69, 9.17) is 10.5 Å². The van der Waals surface area contributed by atoms with Gasteiger partial charge in [-0.3, -0.25) is 4.79 Å². The van der Waals surface area contributed by atoms with Gasteiger partial charge >= 0.3 is 0 Å². The van der Waals surface area contributed by atoms with Crippen LogP contribution in [0.4, 0.5) is 5.69 Å². The minimum absolute atomic E-state index is 0.0258. The summed E-state index contributed by atoms with van der Waals surface area (Å²) in [4.78, 5) is 14.8. The van der Waals surface area contributed by atoms with Crippen LogP contribution in [0.25, 0.3) is 0 Å². The summed E-state index contributed by atoms with van der Waals surface area (Å²) >= 11 is 0. The number of carbonyl (C=O) groups excluding carboxylic acids is 1. The van der Waals surface area contributed by atoms with Crippen LogP contribution in [0.3, 0.4) is 0 Å². The predicted molar refractivity (Wildman–Crippen MR) is 96.0 cm³/mol. The van der Waals surface area contributed by atoms with E-state index in [2.05, 4.69) is 22.3 Å². The van der Waals surface area contributed by atoms with Gasteiger partial charge in [-0.15, -0.1) is 0 Å². The van der Waals surface area contributed by atoms with E-state index < -0.39 is 0 Å². The Hall–Kier alpha value is -1.43. The number of likely N-dealkylation sites (tertiary alicyclic amines) is 1. The van der Waals surface area contributed by atoms with Crippen LogP contribution >= 0.6 is 0 Å². The fourth-order valence-corrected chi connectivity index (χ4v) is 3.52. The van der Waals surface area contributed by atoms with Gasteiger partial charge in [-0.05, 0) is 62.9 Å². The second kappa shape index (κ2) is 8.60. The quantitative estimate of drug-likeness (QED) is 0.838. The number of nitrogens with two attached hydrogens (primary N) is 1. The van der Waals surface area contributed by atoms with E-state index in [9.17, 15) is 4.79 Å². The Bertz CT molecular complexity index is 526. The van der Waals surface area contributed by atoms with Gasteiger partial charge in [0.15, 0.2) is 0 Å². The summed E-state index contributed by atoms with van der Waals surface area (Å²) in [5.74, 6) is -0.0629. The molecule has 1 aromatic rings. The van der Waals surface area contributed by atoms with Gasteiger partial charge < -0.3 is 20.7 Å². The Balaban J connectivity index is 1.44. The van der Waals surface area contributed by atoms with E-state index in [1.54, 1.807) is 0 Å². The van der Waals surface area contributed by atoms with Crippen LogP contribution in [-0.2, 0) is 16.0 Å². The lowest BCUT2D eigenvalue weighted by molar-refractivity contribution is -0.126. The third-order valence-corrected chi connectivity index (χ3v) is 5.05. The number of nitrogens with one attached hydrogen (secondary N) is 1. The highest BCUT2D eigenvalue weighted by atomic mass is 16.5. The number of piperidine rings is 1. The second-order valence-electron chi connectivity index (χ2n) is 6.90. The van der Waals surface area contributed by atoms with Crippen molar-refractivity contribution in [2.45, 2.75) is 50.7 Å². The molecular formula is C19H29N3O2. The molecule has 5 heteroatoms. The molecule has 0 aromatic heterocycles. The Morgan fingerprint density at radius 3 is 2.58 bits per heavy atom. The summed E-state index contributed by atoms with van der Waals surface area (Å²) in [7, 11) is 0. The number of carbonyl (C=O) groups is 1. The molecule has 2 aliphatic heterocycles. The molecule has 0 unspecified atom stereocenters. The molecule has 3 N–H and O–H groups in total. The van der Waals surface area contributed by atoms with E-state index in [0.29, 0.717) is 6.54 Å². The van der Waals surface area contributed by atoms with E-state index >= 15 is 0 Å². The Kier molecular flexibility index (Phi) is 6.24. The fourth-order valence-electron chi connectivity index (χ4n) is 3.52. The number of hydrogen-bond donors (Lipinski definition) is 2. The van der Waals surface area contributed by atoms with Gasteiger partial charge in [0.2, 0.25) is 0 Å². The van der Waals surface area contributed by atoms with Crippen molar-refractivity contribution >= 4 is 11.6 Å². The summed E-state index contributed by atoms with van der Waals surface area (Å²) in [6.07, 6.45) is 6.39. The van der Waals surface area contributed by atoms with Crippen molar-refractivity contribution in [1.29, 1.82) is 0 Å². The first-order chi connectivity index (χ1) is 11.7. The minimum Gasteiger partial charge on any atom is -0.364 e. The topological polar surface area (TPSA) is 67.6 Å². The Morgan fingerprint density at radius 2 is 1.92 bits per heavy atom. The molecule has 132 valence electrons. The highest BCUT2D eigenvalue weighted by molar-refractivity contribution is 5.94. The zero-order valence-corrected chi connectivity index (χ0v) is 14.4. The first-order valence-corrected chi connectivity index (χ1v) is 9.22. The summed E-state index contributed by atoms with van der Waals surface area (Å²) < 4.78 is 5.63. The number of benzene rings is 1. The van der Waals surface area contributed by atoms with Crippen molar-refractivity contribution in [3.8, 4) is 0 Å². The molecule has 0 bridgehead atoms. The monoisotopic (exact) mass is 331 g/mol. The molecule has 2 aliphatic rings. The van der Waals surface area contributed by atoms with Gasteiger partial charge in [0.05, 0.1) is 6.10 Å². The number of hydrogen-bond acceptors (Lipinski definition) is 4. The highest BCUT2D eigenvalue weighted by Gasteiger charge is 2.29. The van der Waals surface area contributed by atoms with Crippen LogP contribution < -0.4 is 11.1 Å². The van der Waals surface area contributed by atoms with E-state index in [1.807, 2.05) is 12.1 Å². The third kappa shape index (κ3) is 4.79. The van der Waals surface area contributed by atoms with Crippen molar-refractivity contribution in [3.05, 3.63) is 29.8 Å². The van der Waals surface area contributed by atoms with Gasteiger partial charge in [-0.2, -0.15) is 0 Å². The average molecular weight is 331 g/mol. The zero-order chi connectivity index (χ0) is 16.8. The molecule has 2 saturated heterocycles. The van der Waals surface area contributed by atoms with E-state index in [-0.39, 0.29) is 18.1 Å². The van der Waals surface area contributed by atoms with Crippen molar-refractivity contribution in [1.82, 2.24) is 4.90 Å². The van der Waals surface area contributed by atoms with Crippen molar-refractivity contribution in [3.63, 3.8) is 0 Å². The van der Waals surface area contributed by atoms with Crippen LogP contribution in [0, 0.1) is 0 Å². The van der Waals surface area contributed by atoms with Gasteiger partial charge in [0.25, 0.3) is 5.91 Å². The molecule has 3 rings (SSSR count). The Labute approximate surface area is 144 Å². The smallest absolute Gasteiger partial charge is 0.253 e. The van der Waals surface area contributed by atoms with Crippen molar-refractivity contribution < 1.29 is 9.53 Å². The fraction of sp³-hybridized carbons (Fsp3) is 0.632. The third-order valence-electron chi connectivity index (χ3n) is 5.05. The molecule has 2 heterocycles. The van der Waals surface area contributed by atoms with Crippen LogP contribution in [-0.4, -0.2) is 49.2 Å². The molecule has 1 amide bonds. The van der Waals surface area contributed by atoms with Gasteiger partial charge in [-0.1, -0.05) is 18.6 Å². The van der Waals surface area contributed by atoms with E-state index in [0.717, 1.165) is 31.5 Å². The summed E-state index contributed by atoms with van der Waals surface area (Å²) in [5.41, 5.74) is 7.74. The largest absolute Gasteiger partial charge is 0.364 e. The number of amides is 1. The first-order valence-electron chi connectivity index (χ1n) is 9.22. The predicted octanol–water partition coefficient (Wildman–Crippen LogP) is 2.16. The molecular weight excluding hydrogens is 302 g/mol. The number of nitrogens with zero attached hydrogens (tertiary/aromatic N) is 1. The van der Waals surface area contributed by atoms with Crippen molar-refractivity contribution in [2.75, 3.05) is 31.5 Å². The van der Waals surface area contributed by atoms with Crippen LogP contribution in [0.1, 0.15) is 37.7 Å². The normalized spacial score (nSPS) is 24.9.